The molecule has 4 rings (SSSR count). The molecule has 2 N–H and O–H groups in total. The Kier molecular flexibility index (Phi) is 3.45. The monoisotopic (exact) mass is 321 g/mol. The van der Waals surface area contributed by atoms with Gasteiger partial charge in [-0.15, -0.1) is 0 Å². The zero-order valence-electron chi connectivity index (χ0n) is 13.1. The molecule has 0 unspecified atom stereocenters. The van der Waals surface area contributed by atoms with Crippen LogP contribution in [0.3, 0.4) is 0 Å². The minimum Gasteiger partial charge on any atom is -0.365 e. The first kappa shape index (κ1) is 14.8. The Bertz CT molecular complexity index is 705. The van der Waals surface area contributed by atoms with Gasteiger partial charge < -0.3 is 29.2 Å². The smallest absolute Gasteiger partial charge is 0.186 e. The van der Waals surface area contributed by atoms with E-state index in [0.29, 0.717) is 18.0 Å². The summed E-state index contributed by atoms with van der Waals surface area (Å²) in [6, 6.07) is 0. The van der Waals surface area contributed by atoms with Gasteiger partial charge in [0, 0.05) is 13.7 Å². The zero-order chi connectivity index (χ0) is 16.0. The lowest BCUT2D eigenvalue weighted by Gasteiger charge is -2.23. The van der Waals surface area contributed by atoms with Crippen LogP contribution in [0, 0.1) is 0 Å². The van der Waals surface area contributed by atoms with E-state index in [1.165, 1.54) is 6.33 Å². The van der Waals surface area contributed by atoms with Crippen LogP contribution in [0.25, 0.3) is 11.2 Å². The van der Waals surface area contributed by atoms with E-state index in [1.807, 2.05) is 13.8 Å². The molecule has 0 aromatic carbocycles. The number of aromatic nitrogens is 4. The largest absolute Gasteiger partial charge is 0.365 e. The summed E-state index contributed by atoms with van der Waals surface area (Å²) in [5, 5.41) is 3.26. The fourth-order valence-electron chi connectivity index (χ4n) is 3.09. The number of nitrogens with zero attached hydrogens (tertiary/aromatic N) is 3. The summed E-state index contributed by atoms with van der Waals surface area (Å²) in [4.78, 5) is 15.5. The predicted molar refractivity (Wildman–Crippen MR) is 79.7 cm³/mol. The van der Waals surface area contributed by atoms with Crippen molar-refractivity contribution in [3.8, 4) is 0 Å². The summed E-state index contributed by atoms with van der Waals surface area (Å²) in [7, 11) is 1.60. The van der Waals surface area contributed by atoms with Crippen LogP contribution >= 0.6 is 0 Å². The van der Waals surface area contributed by atoms with Crippen LogP contribution in [0.2, 0.25) is 0 Å². The normalized spacial score (nSPS) is 32.3. The number of aromatic amines is 1. The number of fused-ring (bicyclic) bond motifs is 2. The Hall–Kier alpha value is -1.81. The lowest BCUT2D eigenvalue weighted by molar-refractivity contribution is -0.225. The number of hydrogen-bond donors (Lipinski definition) is 2. The summed E-state index contributed by atoms with van der Waals surface area (Å²) in [6.07, 6.45) is 1.98. The first-order valence-electron chi connectivity index (χ1n) is 7.49. The highest BCUT2D eigenvalue weighted by Crippen LogP contribution is 2.38. The Morgan fingerprint density at radius 1 is 1.26 bits per heavy atom. The molecule has 9 heteroatoms. The molecular formula is C14H19N5O4. The van der Waals surface area contributed by atoms with Gasteiger partial charge in [-0.05, 0) is 13.8 Å². The number of imidazole rings is 1. The number of ether oxygens (including phenoxy) is 4. The van der Waals surface area contributed by atoms with Gasteiger partial charge in [0.2, 0.25) is 0 Å². The van der Waals surface area contributed by atoms with Gasteiger partial charge in [-0.3, -0.25) is 0 Å². The molecule has 0 bridgehead atoms. The molecule has 2 fully saturated rings. The van der Waals surface area contributed by atoms with E-state index in [2.05, 4.69) is 25.3 Å². The van der Waals surface area contributed by atoms with Crippen molar-refractivity contribution >= 4 is 17.0 Å². The molecule has 0 aliphatic carbocycles. The highest BCUT2D eigenvalue weighted by atomic mass is 16.8. The molecule has 0 amide bonds. The fraction of sp³-hybridized carbons (Fsp3) is 0.643. The molecule has 2 saturated heterocycles. The average molecular weight is 321 g/mol. The molecule has 2 aromatic rings. The van der Waals surface area contributed by atoms with Gasteiger partial charge >= 0.3 is 0 Å². The van der Waals surface area contributed by atoms with Gasteiger partial charge in [0.15, 0.2) is 23.5 Å². The van der Waals surface area contributed by atoms with Crippen molar-refractivity contribution in [1.29, 1.82) is 0 Å². The summed E-state index contributed by atoms with van der Waals surface area (Å²) in [5.74, 6) is 0.0337. The maximum Gasteiger partial charge on any atom is 0.186 e. The maximum atomic E-state index is 5.96. The fourth-order valence-corrected chi connectivity index (χ4v) is 3.09. The Morgan fingerprint density at radius 2 is 2.09 bits per heavy atom. The van der Waals surface area contributed by atoms with Crippen LogP contribution in [0.4, 0.5) is 5.82 Å². The van der Waals surface area contributed by atoms with E-state index in [1.54, 1.807) is 13.4 Å². The molecule has 0 spiro atoms. The third-order valence-corrected chi connectivity index (χ3v) is 4.03. The van der Waals surface area contributed by atoms with Gasteiger partial charge in [-0.1, -0.05) is 0 Å². The molecule has 23 heavy (non-hydrogen) atoms. The summed E-state index contributed by atoms with van der Waals surface area (Å²) < 4.78 is 23.1. The van der Waals surface area contributed by atoms with E-state index in [4.69, 9.17) is 18.9 Å². The van der Waals surface area contributed by atoms with Gasteiger partial charge in [0.1, 0.15) is 30.2 Å². The van der Waals surface area contributed by atoms with Crippen LogP contribution in [-0.4, -0.2) is 64.0 Å². The topological polar surface area (TPSA) is 103 Å². The first-order valence-corrected chi connectivity index (χ1v) is 7.49. The second-order valence-corrected chi connectivity index (χ2v) is 6.05. The highest BCUT2D eigenvalue weighted by Gasteiger charge is 2.55. The quantitative estimate of drug-likeness (QED) is 0.846. The predicted octanol–water partition coefficient (Wildman–Crippen LogP) is 0.656. The minimum absolute atomic E-state index is 0.193. The number of rotatable bonds is 4. The van der Waals surface area contributed by atoms with Gasteiger partial charge in [-0.2, -0.15) is 0 Å². The minimum atomic E-state index is -0.639. The van der Waals surface area contributed by atoms with Crippen molar-refractivity contribution in [2.75, 3.05) is 19.0 Å². The van der Waals surface area contributed by atoms with E-state index in [9.17, 15) is 0 Å². The second kappa shape index (κ2) is 5.38. The zero-order valence-corrected chi connectivity index (χ0v) is 13.1. The van der Waals surface area contributed by atoms with Gasteiger partial charge in [0.25, 0.3) is 0 Å². The average Bonchev–Trinajstić information content (AvgIpc) is 3.18. The Morgan fingerprint density at radius 3 is 2.91 bits per heavy atom. The molecule has 4 atom stereocenters. The molecular weight excluding hydrogens is 302 g/mol. The molecule has 0 saturated carbocycles. The Balaban J connectivity index is 1.50. The van der Waals surface area contributed by atoms with Crippen molar-refractivity contribution < 1.29 is 18.9 Å². The molecule has 2 aliphatic rings. The third kappa shape index (κ3) is 2.55. The van der Waals surface area contributed by atoms with Gasteiger partial charge in [0.05, 0.1) is 6.33 Å². The lowest BCUT2D eigenvalue weighted by atomic mass is 10.1. The number of methoxy groups -OCH3 is 1. The van der Waals surface area contributed by atoms with Crippen molar-refractivity contribution in [2.45, 2.75) is 44.2 Å². The highest BCUT2D eigenvalue weighted by molar-refractivity contribution is 5.81. The third-order valence-electron chi connectivity index (χ3n) is 4.03. The van der Waals surface area contributed by atoms with Crippen molar-refractivity contribution in [3.05, 3.63) is 12.7 Å². The standard InChI is InChI=1S/C14H19N5O4/c1-14(2)22-9-7(21-13(20-3)10(9)23-14)4-15-11-8-12(17-5-16-8)19-6-18-11/h5-7,9-10,13H,4H2,1-3H3,(H2,15,16,17,18,19)/t7-,9-,10-,13-/m1/s1. The molecule has 124 valence electrons. The van der Waals surface area contributed by atoms with Crippen LogP contribution in [0.15, 0.2) is 12.7 Å². The molecule has 2 aliphatic heterocycles. The maximum absolute atomic E-state index is 5.96. The van der Waals surface area contributed by atoms with Crippen LogP contribution in [0.1, 0.15) is 13.8 Å². The lowest BCUT2D eigenvalue weighted by Crippen LogP contribution is -2.34. The summed E-state index contributed by atoms with van der Waals surface area (Å²) >= 11 is 0. The van der Waals surface area contributed by atoms with Crippen molar-refractivity contribution in [2.24, 2.45) is 0 Å². The number of nitrogens with one attached hydrogen (secondary N) is 2. The van der Waals surface area contributed by atoms with E-state index < -0.39 is 12.1 Å². The first-order chi connectivity index (χ1) is 11.1. The van der Waals surface area contributed by atoms with Crippen molar-refractivity contribution in [1.82, 2.24) is 19.9 Å². The van der Waals surface area contributed by atoms with Crippen LogP contribution < -0.4 is 5.32 Å². The van der Waals surface area contributed by atoms with E-state index >= 15 is 0 Å². The van der Waals surface area contributed by atoms with Gasteiger partial charge in [-0.25, -0.2) is 15.0 Å². The van der Waals surface area contributed by atoms with E-state index in [-0.39, 0.29) is 18.3 Å². The molecule has 9 nitrogen and oxygen atoms in total. The second-order valence-electron chi connectivity index (χ2n) is 6.05. The molecule has 0 radical (unpaired) electrons. The summed E-state index contributed by atoms with van der Waals surface area (Å²) in [6.45, 7) is 4.29. The number of anilines is 1. The SMILES string of the molecule is CO[C@@H]1O[C@H](CNc2ncnc3nc[nH]c23)[C@H]2OC(C)(C)O[C@@H]12. The van der Waals surface area contributed by atoms with Crippen LogP contribution in [-0.2, 0) is 18.9 Å². The van der Waals surface area contributed by atoms with E-state index in [0.717, 1.165) is 5.52 Å². The number of hydrogen-bond acceptors (Lipinski definition) is 8. The summed E-state index contributed by atoms with van der Waals surface area (Å²) in [5.41, 5.74) is 1.37. The number of H-pyrrole nitrogens is 1. The Labute approximate surface area is 132 Å². The van der Waals surface area contributed by atoms with Crippen molar-refractivity contribution in [3.63, 3.8) is 0 Å². The molecule has 2 aromatic heterocycles. The van der Waals surface area contributed by atoms with Crippen LogP contribution in [0.5, 0.6) is 0 Å². The molecule has 4 heterocycles.